The molecule has 0 spiro atoms. The molecule has 6 nitrogen and oxygen atoms in total. The van der Waals surface area contributed by atoms with Crippen molar-refractivity contribution in [1.82, 2.24) is 5.32 Å². The molecular formula is C21H22FNO5. The van der Waals surface area contributed by atoms with Crippen LogP contribution in [0.1, 0.15) is 24.1 Å². The van der Waals surface area contributed by atoms with Gasteiger partial charge in [-0.1, -0.05) is 18.2 Å². The molecule has 0 radical (unpaired) electrons. The molecule has 0 heterocycles. The predicted octanol–water partition coefficient (Wildman–Crippen LogP) is 3.28. The molecule has 148 valence electrons. The maximum absolute atomic E-state index is 13.5. The second-order valence-corrected chi connectivity index (χ2v) is 5.86. The van der Waals surface area contributed by atoms with E-state index < -0.39 is 30.3 Å². The topological polar surface area (TPSA) is 73.9 Å². The minimum atomic E-state index is -0.745. The van der Waals surface area contributed by atoms with Gasteiger partial charge >= 0.3 is 5.97 Å². The average Bonchev–Trinajstić information content (AvgIpc) is 2.71. The number of halogens is 1. The number of benzene rings is 2. The van der Waals surface area contributed by atoms with E-state index in [2.05, 4.69) is 5.32 Å². The van der Waals surface area contributed by atoms with Gasteiger partial charge in [-0.3, -0.25) is 4.79 Å². The molecule has 0 unspecified atom stereocenters. The Morgan fingerprint density at radius 1 is 1.14 bits per heavy atom. The van der Waals surface area contributed by atoms with E-state index in [-0.39, 0.29) is 5.56 Å². The molecule has 0 fully saturated rings. The predicted molar refractivity (Wildman–Crippen MR) is 102 cm³/mol. The molecule has 0 saturated heterocycles. The van der Waals surface area contributed by atoms with Crippen LogP contribution in [-0.4, -0.2) is 32.7 Å². The number of methoxy groups -OCH3 is 2. The van der Waals surface area contributed by atoms with Crippen molar-refractivity contribution in [2.75, 3.05) is 20.8 Å². The van der Waals surface area contributed by atoms with Crippen molar-refractivity contribution < 1.29 is 28.2 Å². The number of rotatable bonds is 8. The Morgan fingerprint density at radius 2 is 1.89 bits per heavy atom. The fraction of sp³-hybridized carbons (Fsp3) is 0.238. The lowest BCUT2D eigenvalue weighted by Crippen LogP contribution is -2.31. The molecule has 0 saturated carbocycles. The minimum Gasteiger partial charge on any atom is -0.497 e. The molecule has 0 aliphatic carbocycles. The molecule has 2 rings (SSSR count). The largest absolute Gasteiger partial charge is 0.497 e. The number of esters is 1. The summed E-state index contributed by atoms with van der Waals surface area (Å²) in [5.74, 6) is -0.458. The SMILES string of the molecule is COc1ccc(OC)c([C@H](C)NC(=O)COC(=O)/C=C/c2ccccc2F)c1. The van der Waals surface area contributed by atoms with Crippen molar-refractivity contribution in [3.8, 4) is 11.5 Å². The Balaban J connectivity index is 1.90. The van der Waals surface area contributed by atoms with E-state index in [1.54, 1.807) is 44.4 Å². The molecule has 1 N–H and O–H groups in total. The van der Waals surface area contributed by atoms with Gasteiger partial charge in [0, 0.05) is 17.2 Å². The Hall–Kier alpha value is -3.35. The van der Waals surface area contributed by atoms with Gasteiger partial charge in [-0.2, -0.15) is 0 Å². The van der Waals surface area contributed by atoms with Crippen LogP contribution in [0, 0.1) is 5.82 Å². The summed E-state index contributed by atoms with van der Waals surface area (Å²) in [7, 11) is 3.08. The molecule has 0 aromatic heterocycles. The first-order chi connectivity index (χ1) is 13.4. The van der Waals surface area contributed by atoms with E-state index >= 15 is 0 Å². The van der Waals surface area contributed by atoms with Gasteiger partial charge in [0.15, 0.2) is 6.61 Å². The summed E-state index contributed by atoms with van der Waals surface area (Å²) in [5, 5.41) is 2.72. The van der Waals surface area contributed by atoms with E-state index in [4.69, 9.17) is 14.2 Å². The van der Waals surface area contributed by atoms with Crippen LogP contribution < -0.4 is 14.8 Å². The van der Waals surface area contributed by atoms with E-state index in [1.165, 1.54) is 25.3 Å². The summed E-state index contributed by atoms with van der Waals surface area (Å²) in [4.78, 5) is 23.8. The summed E-state index contributed by atoms with van der Waals surface area (Å²) in [6.07, 6.45) is 2.36. The maximum Gasteiger partial charge on any atom is 0.331 e. The number of amides is 1. The van der Waals surface area contributed by atoms with E-state index in [0.717, 1.165) is 11.6 Å². The van der Waals surface area contributed by atoms with E-state index in [1.807, 2.05) is 0 Å². The summed E-state index contributed by atoms with van der Waals surface area (Å²) < 4.78 is 28.9. The summed E-state index contributed by atoms with van der Waals surface area (Å²) in [6, 6.07) is 10.9. The first-order valence-corrected chi connectivity index (χ1v) is 8.55. The van der Waals surface area contributed by atoms with Crippen LogP contribution in [0.25, 0.3) is 6.08 Å². The second kappa shape index (κ2) is 10.1. The zero-order valence-electron chi connectivity index (χ0n) is 15.9. The van der Waals surface area contributed by atoms with Crippen molar-refractivity contribution in [2.24, 2.45) is 0 Å². The highest BCUT2D eigenvalue weighted by Gasteiger charge is 2.16. The summed E-state index contributed by atoms with van der Waals surface area (Å²) >= 11 is 0. The fourth-order valence-electron chi connectivity index (χ4n) is 2.49. The van der Waals surface area contributed by atoms with Gasteiger partial charge in [-0.15, -0.1) is 0 Å². The van der Waals surface area contributed by atoms with E-state index in [9.17, 15) is 14.0 Å². The maximum atomic E-state index is 13.5. The van der Waals surface area contributed by atoms with Gasteiger partial charge in [-0.05, 0) is 37.3 Å². The zero-order valence-corrected chi connectivity index (χ0v) is 15.9. The van der Waals surface area contributed by atoms with Gasteiger partial charge < -0.3 is 19.5 Å². The lowest BCUT2D eigenvalue weighted by Gasteiger charge is -2.18. The van der Waals surface area contributed by atoms with Crippen molar-refractivity contribution in [2.45, 2.75) is 13.0 Å². The highest BCUT2D eigenvalue weighted by molar-refractivity contribution is 5.89. The number of hydrogen-bond acceptors (Lipinski definition) is 5. The van der Waals surface area contributed by atoms with Gasteiger partial charge in [0.2, 0.25) is 0 Å². The van der Waals surface area contributed by atoms with Crippen LogP contribution in [0.5, 0.6) is 11.5 Å². The smallest absolute Gasteiger partial charge is 0.331 e. The first-order valence-electron chi connectivity index (χ1n) is 8.55. The summed E-state index contributed by atoms with van der Waals surface area (Å²) in [5.41, 5.74) is 0.976. The first kappa shape index (κ1) is 21.0. The molecule has 0 bridgehead atoms. The highest BCUT2D eigenvalue weighted by Crippen LogP contribution is 2.29. The third kappa shape index (κ3) is 5.84. The third-order valence-electron chi connectivity index (χ3n) is 3.93. The molecule has 7 heteroatoms. The Bertz CT molecular complexity index is 866. The zero-order chi connectivity index (χ0) is 20.5. The molecular weight excluding hydrogens is 365 g/mol. The standard InChI is InChI=1S/C21H22FNO5/c1-14(17-12-16(26-2)9-10-19(17)27-3)23-20(24)13-28-21(25)11-8-15-6-4-5-7-18(15)22/h4-12,14H,13H2,1-3H3,(H,23,24)/b11-8+/t14-/m0/s1. The van der Waals surface area contributed by atoms with Crippen LogP contribution in [0.4, 0.5) is 4.39 Å². The van der Waals surface area contributed by atoms with Gasteiger partial charge in [0.1, 0.15) is 17.3 Å². The van der Waals surface area contributed by atoms with Crippen molar-refractivity contribution in [1.29, 1.82) is 0 Å². The van der Waals surface area contributed by atoms with Gasteiger partial charge in [-0.25, -0.2) is 9.18 Å². The monoisotopic (exact) mass is 387 g/mol. The normalized spacial score (nSPS) is 11.7. The number of carbonyl (C=O) groups excluding carboxylic acids is 2. The molecule has 1 amide bonds. The van der Waals surface area contributed by atoms with Crippen LogP contribution >= 0.6 is 0 Å². The molecule has 2 aromatic rings. The number of hydrogen-bond donors (Lipinski definition) is 1. The second-order valence-electron chi connectivity index (χ2n) is 5.86. The fourth-order valence-corrected chi connectivity index (χ4v) is 2.49. The van der Waals surface area contributed by atoms with Crippen LogP contribution in [0.2, 0.25) is 0 Å². The van der Waals surface area contributed by atoms with Crippen molar-refractivity contribution in [3.05, 3.63) is 65.5 Å². The lowest BCUT2D eigenvalue weighted by atomic mass is 10.1. The molecule has 28 heavy (non-hydrogen) atoms. The third-order valence-corrected chi connectivity index (χ3v) is 3.93. The Labute approximate surface area is 162 Å². The molecule has 0 aliphatic heterocycles. The quantitative estimate of drug-likeness (QED) is 0.556. The van der Waals surface area contributed by atoms with Crippen molar-refractivity contribution in [3.63, 3.8) is 0 Å². The van der Waals surface area contributed by atoms with E-state index in [0.29, 0.717) is 11.5 Å². The Kier molecular flexibility index (Phi) is 7.56. The number of ether oxygens (including phenoxy) is 3. The molecule has 2 aromatic carbocycles. The van der Waals surface area contributed by atoms with Crippen LogP contribution in [-0.2, 0) is 14.3 Å². The average molecular weight is 387 g/mol. The molecule has 1 atom stereocenters. The number of carbonyl (C=O) groups is 2. The number of nitrogens with one attached hydrogen (secondary N) is 1. The summed E-state index contributed by atoms with van der Waals surface area (Å²) in [6.45, 7) is 1.31. The lowest BCUT2D eigenvalue weighted by molar-refractivity contribution is -0.144. The Morgan fingerprint density at radius 3 is 2.57 bits per heavy atom. The minimum absolute atomic E-state index is 0.252. The van der Waals surface area contributed by atoms with Crippen molar-refractivity contribution >= 4 is 18.0 Å². The van der Waals surface area contributed by atoms with Gasteiger partial charge in [0.25, 0.3) is 5.91 Å². The molecule has 0 aliphatic rings. The van der Waals surface area contributed by atoms with Crippen LogP contribution in [0.3, 0.4) is 0 Å². The van der Waals surface area contributed by atoms with Gasteiger partial charge in [0.05, 0.1) is 20.3 Å². The van der Waals surface area contributed by atoms with Crippen LogP contribution in [0.15, 0.2) is 48.5 Å². The highest BCUT2D eigenvalue weighted by atomic mass is 19.1.